The van der Waals surface area contributed by atoms with Crippen molar-refractivity contribution in [3.05, 3.63) is 41.5 Å². The lowest BCUT2D eigenvalue weighted by Gasteiger charge is -2.25. The van der Waals surface area contributed by atoms with Gasteiger partial charge < -0.3 is 24.9 Å². The molecule has 1 heterocycles. The molecule has 0 saturated carbocycles. The van der Waals surface area contributed by atoms with Crippen molar-refractivity contribution >= 4 is 21.5 Å². The Labute approximate surface area is 169 Å². The summed E-state index contributed by atoms with van der Waals surface area (Å²) >= 11 is 0. The van der Waals surface area contributed by atoms with Gasteiger partial charge in [-0.15, -0.1) is 0 Å². The predicted molar refractivity (Wildman–Crippen MR) is 112 cm³/mol. The van der Waals surface area contributed by atoms with Gasteiger partial charge in [-0.05, 0) is 75.7 Å². The second-order valence-electron chi connectivity index (χ2n) is 7.83. The number of ether oxygens (including phenoxy) is 2. The Morgan fingerprint density at radius 1 is 1.00 bits per heavy atom. The molecule has 1 aliphatic rings. The van der Waals surface area contributed by atoms with E-state index in [4.69, 9.17) is 9.47 Å². The average molecular weight is 397 g/mol. The summed E-state index contributed by atoms with van der Waals surface area (Å²) in [4.78, 5) is 0. The molecule has 6 nitrogen and oxygen atoms in total. The Hall–Kier alpha value is -2.54. The number of phenolic OH excluding ortho intramolecular Hbond substituents is 1. The molecule has 6 heteroatoms. The van der Waals surface area contributed by atoms with Gasteiger partial charge in [0.1, 0.15) is 5.75 Å². The molecule has 0 radical (unpaired) electrons. The highest BCUT2D eigenvalue weighted by Gasteiger charge is 2.27. The fourth-order valence-corrected chi connectivity index (χ4v) is 4.43. The summed E-state index contributed by atoms with van der Waals surface area (Å²) in [5.41, 5.74) is 1.66. The number of phenols is 1. The molecule has 1 aliphatic heterocycles. The lowest BCUT2D eigenvalue weighted by Crippen LogP contribution is -2.20. The van der Waals surface area contributed by atoms with E-state index in [2.05, 4.69) is 0 Å². The molecule has 154 valence electrons. The van der Waals surface area contributed by atoms with Crippen molar-refractivity contribution in [2.24, 2.45) is 5.92 Å². The molecule has 0 aromatic heterocycles. The van der Waals surface area contributed by atoms with Crippen LogP contribution in [-0.4, -0.2) is 41.2 Å². The Kier molecular flexibility index (Phi) is 5.25. The summed E-state index contributed by atoms with van der Waals surface area (Å²) in [7, 11) is 3.12. The van der Waals surface area contributed by atoms with Crippen LogP contribution in [0.15, 0.2) is 30.3 Å². The minimum absolute atomic E-state index is 0.0434. The number of benzene rings is 3. The van der Waals surface area contributed by atoms with E-state index in [9.17, 15) is 15.4 Å². The number of nitrogens with zero attached hydrogens (tertiary/aromatic N) is 1. The van der Waals surface area contributed by atoms with Gasteiger partial charge in [0.25, 0.3) is 0 Å². The molecule has 29 heavy (non-hydrogen) atoms. The topological polar surface area (TPSA) is 82.4 Å². The van der Waals surface area contributed by atoms with E-state index in [0.29, 0.717) is 18.0 Å². The van der Waals surface area contributed by atoms with Crippen LogP contribution in [0.1, 0.15) is 37.0 Å². The molecule has 0 amide bonds. The van der Waals surface area contributed by atoms with E-state index in [1.54, 1.807) is 19.2 Å². The quantitative estimate of drug-likeness (QED) is 0.557. The number of fused-ring (bicyclic) bond motifs is 6. The van der Waals surface area contributed by atoms with E-state index < -0.39 is 6.10 Å². The second kappa shape index (κ2) is 7.71. The largest absolute Gasteiger partial charge is 0.504 e. The van der Waals surface area contributed by atoms with Gasteiger partial charge in [0, 0.05) is 13.1 Å². The Balaban J connectivity index is 2.17. The lowest BCUT2D eigenvalue weighted by atomic mass is 9.84. The van der Waals surface area contributed by atoms with Gasteiger partial charge in [0.05, 0.1) is 20.3 Å². The molecule has 0 spiro atoms. The first kappa shape index (κ1) is 19.8. The van der Waals surface area contributed by atoms with Crippen molar-refractivity contribution in [1.82, 2.24) is 5.06 Å². The fraction of sp³-hybridized carbons (Fsp3) is 0.391. The zero-order valence-electron chi connectivity index (χ0n) is 17.0. The highest BCUT2D eigenvalue weighted by molar-refractivity contribution is 6.12. The molecule has 0 fully saturated rings. The van der Waals surface area contributed by atoms with Gasteiger partial charge in [0.2, 0.25) is 0 Å². The van der Waals surface area contributed by atoms with Crippen molar-refractivity contribution in [2.45, 2.75) is 32.4 Å². The summed E-state index contributed by atoms with van der Waals surface area (Å²) in [6.07, 6.45) is 0.944. The van der Waals surface area contributed by atoms with Gasteiger partial charge >= 0.3 is 0 Å². The van der Waals surface area contributed by atoms with Crippen molar-refractivity contribution in [3.8, 4) is 17.2 Å². The molecule has 3 aromatic carbocycles. The van der Waals surface area contributed by atoms with Crippen molar-refractivity contribution < 1.29 is 24.9 Å². The second-order valence-corrected chi connectivity index (χ2v) is 7.83. The van der Waals surface area contributed by atoms with Gasteiger partial charge in [-0.1, -0.05) is 13.0 Å². The van der Waals surface area contributed by atoms with E-state index in [-0.39, 0.29) is 18.2 Å². The molecule has 0 bridgehead atoms. The minimum Gasteiger partial charge on any atom is -0.504 e. The molecule has 2 atom stereocenters. The van der Waals surface area contributed by atoms with Crippen LogP contribution in [0.3, 0.4) is 0 Å². The van der Waals surface area contributed by atoms with Crippen molar-refractivity contribution in [2.75, 3.05) is 20.8 Å². The van der Waals surface area contributed by atoms with Crippen LogP contribution in [0, 0.1) is 5.92 Å². The van der Waals surface area contributed by atoms with Crippen LogP contribution in [0.5, 0.6) is 17.2 Å². The van der Waals surface area contributed by atoms with Crippen molar-refractivity contribution in [1.29, 1.82) is 0 Å². The maximum Gasteiger partial charge on any atom is 0.161 e. The Morgan fingerprint density at radius 3 is 2.48 bits per heavy atom. The molecular formula is C23H27NO5. The third-order valence-electron chi connectivity index (χ3n) is 6.03. The van der Waals surface area contributed by atoms with E-state index in [0.717, 1.165) is 45.5 Å². The van der Waals surface area contributed by atoms with Crippen LogP contribution in [0.2, 0.25) is 0 Å². The normalized spacial score (nSPS) is 20.7. The third-order valence-corrected chi connectivity index (χ3v) is 6.03. The van der Waals surface area contributed by atoms with Crippen LogP contribution >= 0.6 is 0 Å². The first-order valence-corrected chi connectivity index (χ1v) is 9.89. The van der Waals surface area contributed by atoms with E-state index in [1.807, 2.05) is 25.1 Å². The van der Waals surface area contributed by atoms with E-state index in [1.165, 1.54) is 12.2 Å². The zero-order chi connectivity index (χ0) is 20.7. The molecule has 0 aliphatic carbocycles. The summed E-state index contributed by atoms with van der Waals surface area (Å²) in [5.74, 6) is 1.14. The average Bonchev–Trinajstić information content (AvgIpc) is 2.77. The molecule has 3 aromatic rings. The number of aliphatic hydroxyl groups excluding tert-OH is 1. The molecule has 0 unspecified atom stereocenters. The number of rotatable bonds is 2. The van der Waals surface area contributed by atoms with Gasteiger partial charge in [0.15, 0.2) is 11.5 Å². The molecular weight excluding hydrogens is 370 g/mol. The van der Waals surface area contributed by atoms with Crippen LogP contribution in [-0.2, 0) is 6.54 Å². The van der Waals surface area contributed by atoms with E-state index >= 15 is 0 Å². The number of aliphatic hydroxyl groups is 1. The Morgan fingerprint density at radius 2 is 1.76 bits per heavy atom. The highest BCUT2D eigenvalue weighted by atomic mass is 16.5. The molecule has 4 rings (SSSR count). The predicted octanol–water partition coefficient (Wildman–Crippen LogP) is 4.37. The number of aromatic hydroxyl groups is 1. The van der Waals surface area contributed by atoms with Crippen LogP contribution in [0.4, 0.5) is 0 Å². The van der Waals surface area contributed by atoms with Gasteiger partial charge in [-0.3, -0.25) is 0 Å². The maximum absolute atomic E-state index is 11.3. The van der Waals surface area contributed by atoms with Gasteiger partial charge in [-0.2, -0.15) is 5.06 Å². The van der Waals surface area contributed by atoms with Crippen LogP contribution < -0.4 is 9.47 Å². The maximum atomic E-state index is 11.3. The molecule has 0 saturated heterocycles. The number of methoxy groups -OCH3 is 2. The number of hydrogen-bond acceptors (Lipinski definition) is 6. The van der Waals surface area contributed by atoms with Gasteiger partial charge in [-0.25, -0.2) is 0 Å². The minimum atomic E-state index is -0.670. The monoisotopic (exact) mass is 397 g/mol. The highest BCUT2D eigenvalue weighted by Crippen LogP contribution is 2.44. The number of hydroxylamine groups is 2. The smallest absolute Gasteiger partial charge is 0.161 e. The first-order valence-electron chi connectivity index (χ1n) is 9.89. The SMILES string of the molecule is COc1ccc2c3c(c4cc(OC)c(O)cc4c2c1)CN(O)CCC[C@H](C)[C@H]3O. The third kappa shape index (κ3) is 3.37. The Bertz CT molecular complexity index is 1060. The summed E-state index contributed by atoms with van der Waals surface area (Å²) < 4.78 is 10.8. The zero-order valence-corrected chi connectivity index (χ0v) is 17.0. The lowest BCUT2D eigenvalue weighted by molar-refractivity contribution is -0.0998. The standard InChI is InChI=1S/C23H27NO5/c1-13-5-4-8-24(27)12-19-18-11-21(29-3)20(25)10-17(18)16-9-14(28-2)6-7-15(16)22(19)23(13)26/h6-7,9-11,13,23,25-27H,4-5,8,12H2,1-3H3/t13-,23+/m0/s1. The number of hydrogen-bond donors (Lipinski definition) is 3. The summed E-state index contributed by atoms with van der Waals surface area (Å²) in [5, 5.41) is 37.0. The summed E-state index contributed by atoms with van der Waals surface area (Å²) in [6, 6.07) is 9.21. The van der Waals surface area contributed by atoms with Crippen molar-refractivity contribution in [3.63, 3.8) is 0 Å². The summed E-state index contributed by atoms with van der Waals surface area (Å²) in [6.45, 7) is 2.86. The fourth-order valence-electron chi connectivity index (χ4n) is 4.43. The molecule has 3 N–H and O–H groups in total. The van der Waals surface area contributed by atoms with Crippen LogP contribution in [0.25, 0.3) is 21.5 Å². The first-order chi connectivity index (χ1) is 13.9.